The molecule has 0 aliphatic heterocycles. The zero-order valence-electron chi connectivity index (χ0n) is 11.4. The van der Waals surface area contributed by atoms with E-state index in [-0.39, 0.29) is 0 Å². The molecule has 17 heavy (non-hydrogen) atoms. The van der Waals surface area contributed by atoms with Crippen LogP contribution in [0.1, 0.15) is 65.2 Å². The minimum Gasteiger partial charge on any atom is -0.294 e. The second-order valence-corrected chi connectivity index (χ2v) is 6.11. The number of rotatable bonds is 3. The molecule has 1 nitrogen and oxygen atoms in total. The molecular formula is C16H26O. The van der Waals surface area contributed by atoms with Gasteiger partial charge in [0.05, 0.1) is 0 Å². The van der Waals surface area contributed by atoms with Crippen LogP contribution in [0, 0.1) is 17.8 Å². The van der Waals surface area contributed by atoms with E-state index in [1.807, 2.05) is 0 Å². The quantitative estimate of drug-likeness (QED) is 0.701. The van der Waals surface area contributed by atoms with Crippen LogP contribution in [0.4, 0.5) is 0 Å². The Balaban J connectivity index is 1.95. The normalized spacial score (nSPS) is 34.2. The molecule has 0 aromatic rings. The molecule has 0 heterocycles. The highest BCUT2D eigenvalue weighted by atomic mass is 16.1. The average molecular weight is 234 g/mol. The summed E-state index contributed by atoms with van der Waals surface area (Å²) < 4.78 is 0. The Labute approximate surface area is 106 Å². The van der Waals surface area contributed by atoms with Crippen molar-refractivity contribution in [2.75, 3.05) is 0 Å². The fourth-order valence-corrected chi connectivity index (χ4v) is 3.35. The van der Waals surface area contributed by atoms with Crippen molar-refractivity contribution in [2.45, 2.75) is 65.2 Å². The molecule has 3 atom stereocenters. The SMILES string of the molecule is CCC1CCCC(C(=O)C2=CCC(C)CC2)C1. The van der Waals surface area contributed by atoms with Gasteiger partial charge in [-0.2, -0.15) is 0 Å². The van der Waals surface area contributed by atoms with Gasteiger partial charge < -0.3 is 0 Å². The first-order chi connectivity index (χ1) is 8.20. The van der Waals surface area contributed by atoms with Crippen LogP contribution in [-0.4, -0.2) is 5.78 Å². The molecule has 1 heteroatoms. The summed E-state index contributed by atoms with van der Waals surface area (Å²) in [6.07, 6.45) is 11.7. The van der Waals surface area contributed by atoms with E-state index in [1.165, 1.54) is 25.7 Å². The van der Waals surface area contributed by atoms with Crippen LogP contribution in [0.25, 0.3) is 0 Å². The van der Waals surface area contributed by atoms with Crippen LogP contribution >= 0.6 is 0 Å². The van der Waals surface area contributed by atoms with Crippen molar-refractivity contribution < 1.29 is 4.79 Å². The number of allylic oxidation sites excluding steroid dienone is 2. The number of hydrogen-bond donors (Lipinski definition) is 0. The molecule has 0 aromatic carbocycles. The maximum atomic E-state index is 12.5. The van der Waals surface area contributed by atoms with Gasteiger partial charge >= 0.3 is 0 Å². The fraction of sp³-hybridized carbons (Fsp3) is 0.812. The third kappa shape index (κ3) is 3.20. The van der Waals surface area contributed by atoms with E-state index in [2.05, 4.69) is 19.9 Å². The van der Waals surface area contributed by atoms with E-state index < -0.39 is 0 Å². The first kappa shape index (κ1) is 12.9. The fourth-order valence-electron chi connectivity index (χ4n) is 3.35. The second-order valence-electron chi connectivity index (χ2n) is 6.11. The van der Waals surface area contributed by atoms with Crippen LogP contribution < -0.4 is 0 Å². The molecular weight excluding hydrogens is 208 g/mol. The predicted octanol–water partition coefficient (Wildman–Crippen LogP) is 4.52. The highest BCUT2D eigenvalue weighted by Gasteiger charge is 2.28. The van der Waals surface area contributed by atoms with E-state index >= 15 is 0 Å². The molecule has 0 radical (unpaired) electrons. The Bertz CT molecular complexity index is 303. The summed E-state index contributed by atoms with van der Waals surface area (Å²) in [5.41, 5.74) is 1.16. The maximum absolute atomic E-state index is 12.5. The first-order valence-corrected chi connectivity index (χ1v) is 7.44. The molecule has 1 fully saturated rings. The third-order valence-electron chi connectivity index (χ3n) is 4.72. The minimum atomic E-state index is 0.355. The van der Waals surface area contributed by atoms with Crippen molar-refractivity contribution in [2.24, 2.45) is 17.8 Å². The molecule has 3 unspecified atom stereocenters. The predicted molar refractivity (Wildman–Crippen MR) is 71.8 cm³/mol. The summed E-state index contributed by atoms with van der Waals surface area (Å²) in [5.74, 6) is 2.44. The lowest BCUT2D eigenvalue weighted by Gasteiger charge is -2.29. The van der Waals surface area contributed by atoms with E-state index in [9.17, 15) is 4.79 Å². The highest BCUT2D eigenvalue weighted by Crippen LogP contribution is 2.35. The maximum Gasteiger partial charge on any atom is 0.161 e. The number of ketones is 1. The molecule has 0 spiro atoms. The molecule has 2 aliphatic rings. The van der Waals surface area contributed by atoms with Crippen LogP contribution in [0.15, 0.2) is 11.6 Å². The lowest BCUT2D eigenvalue weighted by Crippen LogP contribution is -2.25. The highest BCUT2D eigenvalue weighted by molar-refractivity contribution is 5.97. The van der Waals surface area contributed by atoms with Crippen LogP contribution in [0.3, 0.4) is 0 Å². The van der Waals surface area contributed by atoms with Gasteiger partial charge in [-0.3, -0.25) is 4.79 Å². The van der Waals surface area contributed by atoms with Gasteiger partial charge in [-0.15, -0.1) is 0 Å². The van der Waals surface area contributed by atoms with Crippen LogP contribution in [0.2, 0.25) is 0 Å². The Morgan fingerprint density at radius 1 is 1.35 bits per heavy atom. The van der Waals surface area contributed by atoms with Crippen LogP contribution in [0.5, 0.6) is 0 Å². The molecule has 2 rings (SSSR count). The Hall–Kier alpha value is -0.590. The van der Waals surface area contributed by atoms with Crippen LogP contribution in [-0.2, 0) is 4.79 Å². The number of carbonyl (C=O) groups excluding carboxylic acids is 1. The second kappa shape index (κ2) is 5.84. The van der Waals surface area contributed by atoms with E-state index in [4.69, 9.17) is 0 Å². The van der Waals surface area contributed by atoms with Crippen molar-refractivity contribution in [3.8, 4) is 0 Å². The molecule has 0 amide bonds. The lowest BCUT2D eigenvalue weighted by atomic mass is 9.75. The summed E-state index contributed by atoms with van der Waals surface area (Å²) in [6.45, 7) is 4.55. The monoisotopic (exact) mass is 234 g/mol. The van der Waals surface area contributed by atoms with Gasteiger partial charge in [0.25, 0.3) is 0 Å². The first-order valence-electron chi connectivity index (χ1n) is 7.44. The summed E-state index contributed by atoms with van der Waals surface area (Å²) in [7, 11) is 0. The number of Topliss-reactive ketones (excluding diaryl/α,β-unsaturated/α-hetero) is 1. The molecule has 0 saturated heterocycles. The van der Waals surface area contributed by atoms with Gasteiger partial charge in [0.1, 0.15) is 0 Å². The van der Waals surface area contributed by atoms with Gasteiger partial charge in [0.15, 0.2) is 5.78 Å². The average Bonchev–Trinajstić information content (AvgIpc) is 2.39. The van der Waals surface area contributed by atoms with Crippen molar-refractivity contribution in [3.63, 3.8) is 0 Å². The summed E-state index contributed by atoms with van der Waals surface area (Å²) in [5, 5.41) is 0. The third-order valence-corrected chi connectivity index (χ3v) is 4.72. The van der Waals surface area contributed by atoms with Gasteiger partial charge in [0, 0.05) is 5.92 Å². The van der Waals surface area contributed by atoms with Gasteiger partial charge in [-0.05, 0) is 49.5 Å². The Kier molecular flexibility index (Phi) is 4.42. The van der Waals surface area contributed by atoms with Gasteiger partial charge in [-0.1, -0.05) is 39.2 Å². The number of carbonyl (C=O) groups is 1. The largest absolute Gasteiger partial charge is 0.294 e. The molecule has 1 saturated carbocycles. The van der Waals surface area contributed by atoms with Gasteiger partial charge in [0.2, 0.25) is 0 Å². The van der Waals surface area contributed by atoms with Gasteiger partial charge in [-0.25, -0.2) is 0 Å². The molecule has 0 N–H and O–H groups in total. The number of hydrogen-bond acceptors (Lipinski definition) is 1. The Morgan fingerprint density at radius 3 is 2.82 bits per heavy atom. The molecule has 0 aromatic heterocycles. The molecule has 0 bridgehead atoms. The zero-order valence-corrected chi connectivity index (χ0v) is 11.4. The van der Waals surface area contributed by atoms with Crippen molar-refractivity contribution in [1.29, 1.82) is 0 Å². The minimum absolute atomic E-state index is 0.355. The van der Waals surface area contributed by atoms with E-state index in [1.54, 1.807) is 0 Å². The summed E-state index contributed by atoms with van der Waals surface area (Å²) in [4.78, 5) is 12.5. The van der Waals surface area contributed by atoms with E-state index in [0.717, 1.165) is 43.1 Å². The van der Waals surface area contributed by atoms with Crippen molar-refractivity contribution in [3.05, 3.63) is 11.6 Å². The van der Waals surface area contributed by atoms with E-state index in [0.29, 0.717) is 11.7 Å². The zero-order chi connectivity index (χ0) is 12.3. The lowest BCUT2D eigenvalue weighted by molar-refractivity contribution is -0.120. The standard InChI is InChI=1S/C16H26O/c1-3-13-5-4-6-15(11-13)16(17)14-9-7-12(2)8-10-14/h9,12-13,15H,3-8,10-11H2,1-2H3. The topological polar surface area (TPSA) is 17.1 Å². The summed E-state index contributed by atoms with van der Waals surface area (Å²) >= 11 is 0. The van der Waals surface area contributed by atoms with Crippen molar-refractivity contribution >= 4 is 5.78 Å². The van der Waals surface area contributed by atoms with Crippen molar-refractivity contribution in [1.82, 2.24) is 0 Å². The Morgan fingerprint density at radius 2 is 2.18 bits per heavy atom. The summed E-state index contributed by atoms with van der Waals surface area (Å²) in [6, 6.07) is 0. The molecule has 2 aliphatic carbocycles. The molecule has 96 valence electrons. The smallest absolute Gasteiger partial charge is 0.161 e.